The van der Waals surface area contributed by atoms with Crippen molar-refractivity contribution in [3.05, 3.63) is 42.0 Å². The predicted octanol–water partition coefficient (Wildman–Crippen LogP) is 4.07. The molecule has 20 heavy (non-hydrogen) atoms. The maximum Gasteiger partial charge on any atom is 0.120 e. The molecule has 0 saturated heterocycles. The smallest absolute Gasteiger partial charge is 0.120 e. The summed E-state index contributed by atoms with van der Waals surface area (Å²) in [6.45, 7) is 5.41. The van der Waals surface area contributed by atoms with Crippen molar-refractivity contribution in [2.45, 2.75) is 39.3 Å². The standard InChI is InChI=1S/C18H23NO/c1-12-7-9-17(13(12)2)19-11-16-15-6-4-3-5-14(15)8-10-18(16)20/h3-6,8,10,12-13,17,19-20H,7,9,11H2,1-2H3. The average Bonchev–Trinajstić information content (AvgIpc) is 2.78. The molecule has 0 bridgehead atoms. The molecule has 0 heterocycles. The molecular weight excluding hydrogens is 246 g/mol. The summed E-state index contributed by atoms with van der Waals surface area (Å²) >= 11 is 0. The minimum atomic E-state index is 0.398. The van der Waals surface area contributed by atoms with Gasteiger partial charge in [-0.15, -0.1) is 0 Å². The maximum absolute atomic E-state index is 10.2. The molecule has 0 amide bonds. The molecule has 0 aromatic heterocycles. The highest BCUT2D eigenvalue weighted by Crippen LogP contribution is 2.32. The fourth-order valence-corrected chi connectivity index (χ4v) is 3.40. The SMILES string of the molecule is CC1CCC(NCc2c(O)ccc3ccccc23)C1C. The summed E-state index contributed by atoms with van der Waals surface area (Å²) in [6, 6.07) is 12.6. The van der Waals surface area contributed by atoms with E-state index in [9.17, 15) is 5.11 Å². The van der Waals surface area contributed by atoms with Crippen molar-refractivity contribution < 1.29 is 5.11 Å². The number of benzene rings is 2. The van der Waals surface area contributed by atoms with Crippen LogP contribution in [0.3, 0.4) is 0 Å². The van der Waals surface area contributed by atoms with E-state index in [-0.39, 0.29) is 0 Å². The highest BCUT2D eigenvalue weighted by molar-refractivity contribution is 5.87. The van der Waals surface area contributed by atoms with Gasteiger partial charge in [-0.3, -0.25) is 0 Å². The molecule has 2 nitrogen and oxygen atoms in total. The van der Waals surface area contributed by atoms with E-state index >= 15 is 0 Å². The van der Waals surface area contributed by atoms with E-state index in [4.69, 9.17) is 0 Å². The molecule has 3 unspecified atom stereocenters. The van der Waals surface area contributed by atoms with E-state index in [0.29, 0.717) is 17.7 Å². The maximum atomic E-state index is 10.2. The summed E-state index contributed by atoms with van der Waals surface area (Å²) in [7, 11) is 0. The summed E-state index contributed by atoms with van der Waals surface area (Å²) in [5.41, 5.74) is 1.02. The average molecular weight is 269 g/mol. The number of nitrogens with one attached hydrogen (secondary N) is 1. The Hall–Kier alpha value is -1.54. The van der Waals surface area contributed by atoms with Crippen LogP contribution >= 0.6 is 0 Å². The molecule has 2 N–H and O–H groups in total. The van der Waals surface area contributed by atoms with Crippen molar-refractivity contribution in [3.63, 3.8) is 0 Å². The fraction of sp³-hybridized carbons (Fsp3) is 0.444. The van der Waals surface area contributed by atoms with Gasteiger partial charge < -0.3 is 10.4 Å². The van der Waals surface area contributed by atoms with Crippen molar-refractivity contribution in [2.75, 3.05) is 0 Å². The lowest BCUT2D eigenvalue weighted by atomic mass is 9.97. The van der Waals surface area contributed by atoms with E-state index in [1.165, 1.54) is 18.2 Å². The van der Waals surface area contributed by atoms with Crippen molar-refractivity contribution in [1.29, 1.82) is 0 Å². The third kappa shape index (κ3) is 2.40. The number of rotatable bonds is 3. The molecule has 1 fully saturated rings. The van der Waals surface area contributed by atoms with Gasteiger partial charge in [0.2, 0.25) is 0 Å². The van der Waals surface area contributed by atoms with Gasteiger partial charge in [-0.2, -0.15) is 0 Å². The van der Waals surface area contributed by atoms with Crippen LogP contribution in [0.2, 0.25) is 0 Å². The zero-order valence-electron chi connectivity index (χ0n) is 12.3. The molecule has 2 aromatic rings. The third-order valence-electron chi connectivity index (χ3n) is 5.02. The number of hydrogen-bond acceptors (Lipinski definition) is 2. The second-order valence-electron chi connectivity index (χ2n) is 6.19. The molecule has 2 aromatic carbocycles. The highest BCUT2D eigenvalue weighted by atomic mass is 16.3. The normalized spacial score (nSPS) is 26.2. The van der Waals surface area contributed by atoms with Crippen LogP contribution in [-0.4, -0.2) is 11.1 Å². The Labute approximate surface area is 120 Å². The van der Waals surface area contributed by atoms with Crippen LogP contribution in [0.15, 0.2) is 36.4 Å². The van der Waals surface area contributed by atoms with Crippen LogP contribution in [0.4, 0.5) is 0 Å². The summed E-state index contributed by atoms with van der Waals surface area (Å²) in [6.07, 6.45) is 2.55. The lowest BCUT2D eigenvalue weighted by Gasteiger charge is -2.20. The quantitative estimate of drug-likeness (QED) is 0.880. The van der Waals surface area contributed by atoms with Crippen molar-refractivity contribution >= 4 is 10.8 Å². The van der Waals surface area contributed by atoms with Crippen LogP contribution in [-0.2, 0) is 6.54 Å². The summed E-state index contributed by atoms with van der Waals surface area (Å²) in [5.74, 6) is 1.91. The molecule has 0 aliphatic heterocycles. The van der Waals surface area contributed by atoms with E-state index in [0.717, 1.165) is 23.4 Å². The van der Waals surface area contributed by atoms with Crippen LogP contribution in [0.5, 0.6) is 5.75 Å². The number of fused-ring (bicyclic) bond motifs is 1. The Morgan fingerprint density at radius 3 is 2.65 bits per heavy atom. The molecule has 2 heteroatoms. The van der Waals surface area contributed by atoms with Gasteiger partial charge in [0.1, 0.15) is 5.75 Å². The van der Waals surface area contributed by atoms with E-state index < -0.39 is 0 Å². The number of aromatic hydroxyl groups is 1. The van der Waals surface area contributed by atoms with E-state index in [1.807, 2.05) is 18.2 Å². The van der Waals surface area contributed by atoms with Crippen molar-refractivity contribution in [1.82, 2.24) is 5.32 Å². The lowest BCUT2D eigenvalue weighted by molar-refractivity contribution is 0.367. The van der Waals surface area contributed by atoms with Gasteiger partial charge in [-0.25, -0.2) is 0 Å². The zero-order valence-corrected chi connectivity index (χ0v) is 12.3. The first-order valence-corrected chi connectivity index (χ1v) is 7.60. The first-order valence-electron chi connectivity index (χ1n) is 7.60. The van der Waals surface area contributed by atoms with E-state index in [2.05, 4.69) is 31.3 Å². The molecule has 1 saturated carbocycles. The largest absolute Gasteiger partial charge is 0.508 e. The predicted molar refractivity (Wildman–Crippen MR) is 83.8 cm³/mol. The van der Waals surface area contributed by atoms with Crippen LogP contribution in [0.1, 0.15) is 32.3 Å². The molecule has 0 spiro atoms. The van der Waals surface area contributed by atoms with E-state index in [1.54, 1.807) is 6.07 Å². The minimum Gasteiger partial charge on any atom is -0.508 e. The zero-order chi connectivity index (χ0) is 14.1. The second kappa shape index (κ2) is 5.45. The van der Waals surface area contributed by atoms with Crippen LogP contribution < -0.4 is 5.32 Å². The fourth-order valence-electron chi connectivity index (χ4n) is 3.40. The third-order valence-corrected chi connectivity index (χ3v) is 5.02. The number of phenolic OH excluding ortho intramolecular Hbond substituents is 1. The topological polar surface area (TPSA) is 32.3 Å². The first kappa shape index (κ1) is 13.4. The lowest BCUT2D eigenvalue weighted by Crippen LogP contribution is -2.31. The molecule has 1 aliphatic rings. The number of hydrogen-bond donors (Lipinski definition) is 2. The van der Waals surface area contributed by atoms with Gasteiger partial charge in [-0.1, -0.05) is 44.2 Å². The van der Waals surface area contributed by atoms with Crippen molar-refractivity contribution in [2.24, 2.45) is 11.8 Å². The molecule has 106 valence electrons. The second-order valence-corrected chi connectivity index (χ2v) is 6.19. The van der Waals surface area contributed by atoms with Crippen LogP contribution in [0, 0.1) is 11.8 Å². The monoisotopic (exact) mass is 269 g/mol. The van der Waals surface area contributed by atoms with Crippen LogP contribution in [0.25, 0.3) is 10.8 Å². The minimum absolute atomic E-state index is 0.398. The van der Waals surface area contributed by atoms with Crippen molar-refractivity contribution in [3.8, 4) is 5.75 Å². The Kier molecular flexibility index (Phi) is 3.66. The van der Waals surface area contributed by atoms with Gasteiger partial charge in [0, 0.05) is 18.2 Å². The highest BCUT2D eigenvalue weighted by Gasteiger charge is 2.29. The Morgan fingerprint density at radius 2 is 1.90 bits per heavy atom. The molecule has 3 atom stereocenters. The Morgan fingerprint density at radius 1 is 1.10 bits per heavy atom. The summed E-state index contributed by atoms with van der Waals surface area (Å²) in [4.78, 5) is 0. The first-order chi connectivity index (χ1) is 9.66. The Balaban J connectivity index is 1.82. The van der Waals surface area contributed by atoms with Gasteiger partial charge >= 0.3 is 0 Å². The van der Waals surface area contributed by atoms with Gasteiger partial charge in [-0.05, 0) is 41.5 Å². The van der Waals surface area contributed by atoms with Gasteiger partial charge in [0.15, 0.2) is 0 Å². The molecule has 0 radical (unpaired) electrons. The van der Waals surface area contributed by atoms with Gasteiger partial charge in [0.25, 0.3) is 0 Å². The summed E-state index contributed by atoms with van der Waals surface area (Å²) in [5, 5.41) is 16.2. The molecule has 1 aliphatic carbocycles. The Bertz CT molecular complexity index is 607. The molecular formula is C18H23NO. The number of phenols is 1. The molecule has 3 rings (SSSR count). The van der Waals surface area contributed by atoms with Gasteiger partial charge in [0.05, 0.1) is 0 Å². The summed E-state index contributed by atoms with van der Waals surface area (Å²) < 4.78 is 0.